The number of pyridine rings is 1. The van der Waals surface area contributed by atoms with E-state index < -0.39 is 0 Å². The third-order valence-electron chi connectivity index (χ3n) is 10.3. The van der Waals surface area contributed by atoms with Crippen LogP contribution in [0.2, 0.25) is 0 Å². The Kier molecular flexibility index (Phi) is 6.87. The van der Waals surface area contributed by atoms with E-state index in [1.807, 2.05) is 91.1 Å². The molecule has 0 aliphatic rings. The number of aromatic nitrogens is 8. The van der Waals surface area contributed by atoms with E-state index in [1.165, 1.54) is 0 Å². The van der Waals surface area contributed by atoms with Crippen molar-refractivity contribution in [1.29, 1.82) is 0 Å². The molecule has 9 heteroatoms. The van der Waals surface area contributed by atoms with Gasteiger partial charge in [-0.15, -0.1) is 0 Å². The summed E-state index contributed by atoms with van der Waals surface area (Å²) >= 11 is 0. The number of imidazole rings is 1. The number of fused-ring (bicyclic) bond motifs is 8. The molecule has 6 aromatic carbocycles. The number of hydrogen-bond donors (Lipinski definition) is 1. The third-order valence-corrected chi connectivity index (χ3v) is 10.3. The van der Waals surface area contributed by atoms with E-state index in [1.54, 1.807) is 7.11 Å². The second kappa shape index (κ2) is 12.2. The third kappa shape index (κ3) is 4.83. The van der Waals surface area contributed by atoms with Crippen molar-refractivity contribution in [2.45, 2.75) is 0 Å². The van der Waals surface area contributed by atoms with Crippen LogP contribution in [-0.4, -0.2) is 46.1 Å². The summed E-state index contributed by atoms with van der Waals surface area (Å²) in [4.78, 5) is 28.6. The number of rotatable bonds is 6. The number of methoxy groups -OCH3 is 1. The van der Waals surface area contributed by atoms with E-state index in [0.717, 1.165) is 82.9 Å². The SMILES string of the molecule is COc1cccc2nc(-c3ccc(-n4c5ccccc5c5ccc6c7ccccc7n(-c7nc(-c8ccccc8)nc(-c8ccccc8)n7)c6c54)cn3)[nH]c12. The zero-order chi connectivity index (χ0) is 36.5. The van der Waals surface area contributed by atoms with Crippen LogP contribution in [0.3, 0.4) is 0 Å². The number of aromatic amines is 1. The Morgan fingerprint density at radius 2 is 1.11 bits per heavy atom. The number of hydrogen-bond acceptors (Lipinski definition) is 6. The number of nitrogens with zero attached hydrogens (tertiary/aromatic N) is 7. The van der Waals surface area contributed by atoms with Gasteiger partial charge < -0.3 is 14.3 Å². The lowest BCUT2D eigenvalue weighted by atomic mass is 10.1. The number of nitrogens with one attached hydrogen (secondary N) is 1. The summed E-state index contributed by atoms with van der Waals surface area (Å²) in [5.74, 6) is 3.16. The van der Waals surface area contributed by atoms with Crippen molar-refractivity contribution in [2.75, 3.05) is 7.11 Å². The Morgan fingerprint density at radius 1 is 0.509 bits per heavy atom. The van der Waals surface area contributed by atoms with Crippen LogP contribution in [0.5, 0.6) is 5.75 Å². The highest BCUT2D eigenvalue weighted by molar-refractivity contribution is 6.23. The average molecular weight is 711 g/mol. The summed E-state index contributed by atoms with van der Waals surface area (Å²) < 4.78 is 10.1. The molecule has 5 aromatic heterocycles. The fourth-order valence-corrected chi connectivity index (χ4v) is 7.83. The van der Waals surface area contributed by atoms with Crippen molar-refractivity contribution in [3.63, 3.8) is 0 Å². The predicted molar refractivity (Wildman–Crippen MR) is 219 cm³/mol. The van der Waals surface area contributed by atoms with Crippen molar-refractivity contribution in [3.05, 3.63) is 158 Å². The smallest absolute Gasteiger partial charge is 0.238 e. The standard InChI is InChI=1S/C46H30N8O/c1-55-39-22-12-19-35-40(39)49-45(48-35)36-26-23-30(27-47-36)53-37-20-10-8-17-31(37)33-24-25-34-32-18-9-11-21-38(32)54(42(34)41(33)53)46-51-43(28-13-4-2-5-14-28)50-44(52-46)29-15-6-3-7-16-29/h2-27H,1H3,(H,48,49). The van der Waals surface area contributed by atoms with Crippen molar-refractivity contribution < 1.29 is 4.74 Å². The van der Waals surface area contributed by atoms with Gasteiger partial charge in [0, 0.05) is 32.7 Å². The highest BCUT2D eigenvalue weighted by Crippen LogP contribution is 2.41. The van der Waals surface area contributed by atoms with Gasteiger partial charge >= 0.3 is 0 Å². The van der Waals surface area contributed by atoms with Gasteiger partial charge in [0.2, 0.25) is 5.95 Å². The minimum Gasteiger partial charge on any atom is -0.494 e. The van der Waals surface area contributed by atoms with Crippen molar-refractivity contribution in [2.24, 2.45) is 0 Å². The van der Waals surface area contributed by atoms with E-state index in [2.05, 4.69) is 80.8 Å². The lowest BCUT2D eigenvalue weighted by Gasteiger charge is -2.13. The van der Waals surface area contributed by atoms with Crippen LogP contribution in [0.25, 0.3) is 101 Å². The van der Waals surface area contributed by atoms with Gasteiger partial charge in [-0.2, -0.15) is 9.97 Å². The van der Waals surface area contributed by atoms with Crippen LogP contribution in [0.1, 0.15) is 0 Å². The van der Waals surface area contributed by atoms with Gasteiger partial charge in [0.25, 0.3) is 0 Å². The van der Waals surface area contributed by atoms with Gasteiger partial charge in [-0.25, -0.2) is 9.97 Å². The lowest BCUT2D eigenvalue weighted by Crippen LogP contribution is -2.07. The van der Waals surface area contributed by atoms with Crippen LogP contribution >= 0.6 is 0 Å². The molecule has 0 aliphatic heterocycles. The molecule has 0 atom stereocenters. The monoisotopic (exact) mass is 710 g/mol. The minimum absolute atomic E-state index is 0.539. The number of H-pyrrole nitrogens is 1. The molecule has 11 rings (SSSR count). The van der Waals surface area contributed by atoms with E-state index in [-0.39, 0.29) is 0 Å². The zero-order valence-electron chi connectivity index (χ0n) is 29.5. The minimum atomic E-state index is 0.539. The summed E-state index contributed by atoms with van der Waals surface area (Å²) in [5, 5.41) is 4.44. The van der Waals surface area contributed by atoms with E-state index in [0.29, 0.717) is 23.4 Å². The normalized spacial score (nSPS) is 11.7. The summed E-state index contributed by atoms with van der Waals surface area (Å²) in [7, 11) is 1.66. The first-order valence-corrected chi connectivity index (χ1v) is 18.1. The van der Waals surface area contributed by atoms with Gasteiger partial charge in [-0.05, 0) is 36.4 Å². The molecule has 0 radical (unpaired) electrons. The topological polar surface area (TPSA) is 99.3 Å². The molecule has 9 nitrogen and oxygen atoms in total. The molecular weight excluding hydrogens is 681 g/mol. The molecule has 5 heterocycles. The molecule has 0 fully saturated rings. The van der Waals surface area contributed by atoms with Crippen molar-refractivity contribution in [1.82, 2.24) is 39.0 Å². The molecule has 0 aliphatic carbocycles. The Morgan fingerprint density at radius 3 is 1.73 bits per heavy atom. The Balaban J connectivity index is 1.20. The molecule has 0 saturated heterocycles. The first-order valence-electron chi connectivity index (χ1n) is 18.1. The summed E-state index contributed by atoms with van der Waals surface area (Å²) in [5.41, 5.74) is 9.22. The van der Waals surface area contributed by atoms with Gasteiger partial charge in [-0.1, -0.05) is 115 Å². The molecule has 11 aromatic rings. The predicted octanol–water partition coefficient (Wildman–Crippen LogP) is 10.3. The maximum Gasteiger partial charge on any atom is 0.238 e. The number of benzene rings is 6. The first-order chi connectivity index (χ1) is 27.2. The molecule has 0 unspecified atom stereocenters. The second-order valence-corrected chi connectivity index (χ2v) is 13.4. The lowest BCUT2D eigenvalue weighted by molar-refractivity contribution is 0.419. The number of para-hydroxylation sites is 3. The van der Waals surface area contributed by atoms with Crippen LogP contribution in [0.4, 0.5) is 0 Å². The molecule has 0 saturated carbocycles. The van der Waals surface area contributed by atoms with E-state index in [4.69, 9.17) is 29.7 Å². The van der Waals surface area contributed by atoms with Crippen molar-refractivity contribution in [3.8, 4) is 51.7 Å². The molecular formula is C46H30N8O. The maximum atomic E-state index is 5.57. The van der Waals surface area contributed by atoms with Crippen LogP contribution in [0.15, 0.2) is 158 Å². The summed E-state index contributed by atoms with van der Waals surface area (Å²) in [6.07, 6.45) is 1.92. The second-order valence-electron chi connectivity index (χ2n) is 13.4. The maximum absolute atomic E-state index is 5.57. The van der Waals surface area contributed by atoms with Gasteiger partial charge in [-0.3, -0.25) is 9.55 Å². The molecule has 1 N–H and O–H groups in total. The van der Waals surface area contributed by atoms with Gasteiger partial charge in [0.1, 0.15) is 17.0 Å². The molecule has 55 heavy (non-hydrogen) atoms. The van der Waals surface area contributed by atoms with Crippen LogP contribution in [0, 0.1) is 0 Å². The Hall–Kier alpha value is -7.65. The first kappa shape index (κ1) is 30.9. The molecule has 0 amide bonds. The summed E-state index contributed by atoms with van der Waals surface area (Å²) in [6, 6.07) is 51.6. The van der Waals surface area contributed by atoms with Crippen molar-refractivity contribution >= 4 is 54.6 Å². The highest BCUT2D eigenvalue weighted by atomic mass is 16.5. The fraction of sp³-hybridized carbons (Fsp3) is 0.0217. The van der Waals surface area contributed by atoms with Crippen LogP contribution < -0.4 is 4.74 Å². The highest BCUT2D eigenvalue weighted by Gasteiger charge is 2.23. The number of ether oxygens (including phenoxy) is 1. The Bertz CT molecular complexity index is 3180. The largest absolute Gasteiger partial charge is 0.494 e. The zero-order valence-corrected chi connectivity index (χ0v) is 29.5. The van der Waals surface area contributed by atoms with Gasteiger partial charge in [0.05, 0.1) is 46.6 Å². The quantitative estimate of drug-likeness (QED) is 0.184. The average Bonchev–Trinajstić information content (AvgIpc) is 3.95. The molecule has 0 spiro atoms. The van der Waals surface area contributed by atoms with Crippen LogP contribution in [-0.2, 0) is 0 Å². The van der Waals surface area contributed by atoms with E-state index in [9.17, 15) is 0 Å². The Labute approximate surface area is 314 Å². The molecule has 0 bridgehead atoms. The van der Waals surface area contributed by atoms with E-state index >= 15 is 0 Å². The summed E-state index contributed by atoms with van der Waals surface area (Å²) in [6.45, 7) is 0. The fourth-order valence-electron chi connectivity index (χ4n) is 7.83. The molecule has 260 valence electrons. The van der Waals surface area contributed by atoms with Gasteiger partial charge in [0.15, 0.2) is 17.5 Å².